The molecule has 1 aromatic carbocycles. The topological polar surface area (TPSA) is 53.5 Å². The van der Waals surface area contributed by atoms with E-state index in [1.54, 1.807) is 0 Å². The molecule has 1 aliphatic heterocycles. The molecule has 1 fully saturated rings. The van der Waals surface area contributed by atoms with Gasteiger partial charge in [-0.3, -0.25) is 0 Å². The summed E-state index contributed by atoms with van der Waals surface area (Å²) < 4.78 is 5.73. The third-order valence-corrected chi connectivity index (χ3v) is 3.52. The Morgan fingerprint density at radius 3 is 2.95 bits per heavy atom. The van der Waals surface area contributed by atoms with E-state index in [1.165, 1.54) is 5.56 Å². The zero-order valence-corrected chi connectivity index (χ0v) is 12.4. The second kappa shape index (κ2) is 7.62. The molecular weight excluding hydrogens is 252 g/mol. The van der Waals surface area contributed by atoms with E-state index < -0.39 is 0 Å². The summed E-state index contributed by atoms with van der Waals surface area (Å²) in [4.78, 5) is 0. The number of rotatable bonds is 7. The van der Waals surface area contributed by atoms with Crippen LogP contribution >= 0.6 is 0 Å². The van der Waals surface area contributed by atoms with E-state index in [0.29, 0.717) is 18.4 Å². The molecule has 2 unspecified atom stereocenters. The van der Waals surface area contributed by atoms with Gasteiger partial charge in [0, 0.05) is 32.1 Å². The maximum absolute atomic E-state index is 9.73. The van der Waals surface area contributed by atoms with Gasteiger partial charge < -0.3 is 20.5 Å². The number of β-amino-alcohol motifs (C(OH)–C–C–N with tert-alkyl or cyclic N) is 1. The lowest BCUT2D eigenvalue weighted by molar-refractivity contribution is 0.146. The van der Waals surface area contributed by atoms with Crippen molar-refractivity contribution in [2.75, 3.05) is 26.2 Å². The summed E-state index contributed by atoms with van der Waals surface area (Å²) in [6.45, 7) is 8.29. The molecule has 4 heteroatoms. The van der Waals surface area contributed by atoms with Crippen molar-refractivity contribution in [3.05, 3.63) is 29.8 Å². The van der Waals surface area contributed by atoms with Gasteiger partial charge in [0.15, 0.2) is 0 Å². The zero-order valence-electron chi connectivity index (χ0n) is 12.4. The van der Waals surface area contributed by atoms with Gasteiger partial charge in [-0.05, 0) is 23.6 Å². The highest BCUT2D eigenvalue weighted by Crippen LogP contribution is 2.14. The van der Waals surface area contributed by atoms with Crippen molar-refractivity contribution in [2.24, 2.45) is 11.8 Å². The quantitative estimate of drug-likeness (QED) is 0.705. The molecule has 0 aromatic heterocycles. The van der Waals surface area contributed by atoms with Crippen molar-refractivity contribution >= 4 is 0 Å². The molecule has 1 heterocycles. The number of nitrogens with one attached hydrogen (secondary N) is 2. The summed E-state index contributed by atoms with van der Waals surface area (Å²) in [5.41, 5.74) is 1.21. The van der Waals surface area contributed by atoms with Gasteiger partial charge in [0.2, 0.25) is 0 Å². The normalized spacial score (nSPS) is 22.4. The molecule has 3 N–H and O–H groups in total. The Bertz CT molecular complexity index is 409. The summed E-state index contributed by atoms with van der Waals surface area (Å²) in [5.74, 6) is 1.78. The van der Waals surface area contributed by atoms with Crippen molar-refractivity contribution < 1.29 is 9.84 Å². The van der Waals surface area contributed by atoms with Crippen LogP contribution in [0.25, 0.3) is 0 Å². The van der Waals surface area contributed by atoms with E-state index in [1.807, 2.05) is 12.1 Å². The highest BCUT2D eigenvalue weighted by molar-refractivity contribution is 5.28. The van der Waals surface area contributed by atoms with Crippen LogP contribution in [0.3, 0.4) is 0 Å². The summed E-state index contributed by atoms with van der Waals surface area (Å²) in [7, 11) is 0. The van der Waals surface area contributed by atoms with Crippen molar-refractivity contribution in [3.63, 3.8) is 0 Å². The monoisotopic (exact) mass is 278 g/mol. The first-order chi connectivity index (χ1) is 9.65. The van der Waals surface area contributed by atoms with Crippen molar-refractivity contribution in [1.82, 2.24) is 10.6 Å². The smallest absolute Gasteiger partial charge is 0.119 e. The lowest BCUT2D eigenvalue weighted by atomic mass is 10.1. The van der Waals surface area contributed by atoms with Crippen LogP contribution in [-0.2, 0) is 6.54 Å². The minimum Gasteiger partial charge on any atom is -0.493 e. The van der Waals surface area contributed by atoms with Crippen LogP contribution in [-0.4, -0.2) is 37.5 Å². The average Bonchev–Trinajstić information content (AvgIpc) is 2.83. The standard InChI is InChI=1S/C16H26N2O2/c1-12(2)11-20-15-5-3-4-13(6-15)7-17-8-14-9-18-10-16(14)19/h3-6,12,14,16-19H,7-11H2,1-2H3. The minimum absolute atomic E-state index is 0.219. The predicted octanol–water partition coefficient (Wildman–Crippen LogP) is 1.39. The Balaban J connectivity index is 1.76. The number of hydrogen-bond donors (Lipinski definition) is 3. The number of ether oxygens (including phenoxy) is 1. The first kappa shape index (κ1) is 15.3. The molecule has 0 aliphatic carbocycles. The van der Waals surface area contributed by atoms with Crippen LogP contribution < -0.4 is 15.4 Å². The average molecular weight is 278 g/mol. The lowest BCUT2D eigenvalue weighted by Crippen LogP contribution is -2.30. The van der Waals surface area contributed by atoms with E-state index in [9.17, 15) is 5.11 Å². The van der Waals surface area contributed by atoms with Gasteiger partial charge >= 0.3 is 0 Å². The van der Waals surface area contributed by atoms with Gasteiger partial charge in [0.25, 0.3) is 0 Å². The van der Waals surface area contributed by atoms with E-state index in [-0.39, 0.29) is 6.10 Å². The van der Waals surface area contributed by atoms with E-state index >= 15 is 0 Å². The molecular formula is C16H26N2O2. The van der Waals surface area contributed by atoms with Gasteiger partial charge in [-0.2, -0.15) is 0 Å². The summed E-state index contributed by atoms with van der Waals surface area (Å²) in [5, 5.41) is 16.3. The fraction of sp³-hybridized carbons (Fsp3) is 0.625. The summed E-state index contributed by atoms with van der Waals surface area (Å²) in [6.07, 6.45) is -0.219. The molecule has 0 saturated carbocycles. The Kier molecular flexibility index (Phi) is 5.83. The Labute approximate surface area is 121 Å². The van der Waals surface area contributed by atoms with E-state index in [2.05, 4.69) is 36.6 Å². The predicted molar refractivity (Wildman–Crippen MR) is 80.8 cm³/mol. The minimum atomic E-state index is -0.219. The molecule has 0 amide bonds. The molecule has 0 bridgehead atoms. The molecule has 112 valence electrons. The molecule has 0 radical (unpaired) electrons. The number of aliphatic hydroxyl groups excluding tert-OH is 1. The zero-order chi connectivity index (χ0) is 14.4. The van der Waals surface area contributed by atoms with Crippen molar-refractivity contribution in [2.45, 2.75) is 26.5 Å². The number of aliphatic hydroxyl groups is 1. The summed E-state index contributed by atoms with van der Waals surface area (Å²) >= 11 is 0. The third kappa shape index (κ3) is 4.78. The van der Waals surface area contributed by atoms with E-state index in [4.69, 9.17) is 4.74 Å². The highest BCUT2D eigenvalue weighted by Gasteiger charge is 2.23. The largest absolute Gasteiger partial charge is 0.493 e. The van der Waals surface area contributed by atoms with Crippen LogP contribution in [0, 0.1) is 11.8 Å². The number of hydrogen-bond acceptors (Lipinski definition) is 4. The SMILES string of the molecule is CC(C)COc1cccc(CNCC2CNCC2O)c1. The van der Waals surface area contributed by atoms with Crippen molar-refractivity contribution in [3.8, 4) is 5.75 Å². The second-order valence-electron chi connectivity index (χ2n) is 5.97. The van der Waals surface area contributed by atoms with Crippen LogP contribution in [0.5, 0.6) is 5.75 Å². The second-order valence-corrected chi connectivity index (χ2v) is 5.97. The van der Waals surface area contributed by atoms with Gasteiger partial charge in [-0.25, -0.2) is 0 Å². The first-order valence-corrected chi connectivity index (χ1v) is 7.46. The first-order valence-electron chi connectivity index (χ1n) is 7.46. The van der Waals surface area contributed by atoms with Crippen molar-refractivity contribution in [1.29, 1.82) is 0 Å². The molecule has 1 saturated heterocycles. The molecule has 1 aromatic rings. The Morgan fingerprint density at radius 1 is 1.40 bits per heavy atom. The molecule has 2 rings (SSSR count). The molecule has 4 nitrogen and oxygen atoms in total. The van der Waals surface area contributed by atoms with Gasteiger partial charge in [0.1, 0.15) is 5.75 Å². The fourth-order valence-electron chi connectivity index (χ4n) is 2.34. The van der Waals surface area contributed by atoms with Gasteiger partial charge in [-0.1, -0.05) is 26.0 Å². The molecule has 1 aliphatic rings. The molecule has 0 spiro atoms. The third-order valence-electron chi connectivity index (χ3n) is 3.52. The maximum Gasteiger partial charge on any atom is 0.119 e. The van der Waals surface area contributed by atoms with Crippen LogP contribution in [0.1, 0.15) is 19.4 Å². The molecule has 20 heavy (non-hydrogen) atoms. The highest BCUT2D eigenvalue weighted by atomic mass is 16.5. The van der Waals surface area contributed by atoms with Crippen LogP contribution in [0.4, 0.5) is 0 Å². The molecule has 2 atom stereocenters. The van der Waals surface area contributed by atoms with Crippen LogP contribution in [0.15, 0.2) is 24.3 Å². The maximum atomic E-state index is 9.73. The van der Waals surface area contributed by atoms with Crippen LogP contribution in [0.2, 0.25) is 0 Å². The fourth-order valence-corrected chi connectivity index (χ4v) is 2.34. The summed E-state index contributed by atoms with van der Waals surface area (Å²) in [6, 6.07) is 8.20. The van der Waals surface area contributed by atoms with Gasteiger partial charge in [-0.15, -0.1) is 0 Å². The van der Waals surface area contributed by atoms with E-state index in [0.717, 1.165) is 32.0 Å². The Morgan fingerprint density at radius 2 is 2.25 bits per heavy atom. The lowest BCUT2D eigenvalue weighted by Gasteiger charge is -2.14. The van der Waals surface area contributed by atoms with Gasteiger partial charge in [0.05, 0.1) is 12.7 Å². The Hall–Kier alpha value is -1.10. The number of benzene rings is 1.